The number of hydrogen-bond acceptors (Lipinski definition) is 6. The Morgan fingerprint density at radius 3 is 2.33 bits per heavy atom. The third kappa shape index (κ3) is 4.01. The molecule has 0 aliphatic carbocycles. The van der Waals surface area contributed by atoms with Crippen LogP contribution in [0.1, 0.15) is 56.7 Å². The fourth-order valence-corrected chi connectivity index (χ4v) is 5.81. The van der Waals surface area contributed by atoms with Crippen LogP contribution >= 0.6 is 11.8 Å². The second-order valence-electron chi connectivity index (χ2n) is 7.69. The molecule has 0 unspecified atom stereocenters. The van der Waals surface area contributed by atoms with Crippen molar-refractivity contribution < 1.29 is 19.4 Å². The van der Waals surface area contributed by atoms with E-state index >= 15 is 0 Å². The van der Waals surface area contributed by atoms with E-state index in [1.165, 1.54) is 0 Å². The van der Waals surface area contributed by atoms with Crippen LogP contribution in [0.5, 0.6) is 17.2 Å². The first kappa shape index (κ1) is 22.8. The molecule has 1 aliphatic heterocycles. The van der Waals surface area contributed by atoms with Crippen molar-refractivity contribution in [2.75, 3.05) is 27.1 Å². The molecule has 0 spiro atoms. The van der Waals surface area contributed by atoms with Gasteiger partial charge in [-0.25, -0.2) is 0 Å². The number of unbranched alkanes of at least 4 members (excludes halogenated alkanes) is 1. The molecule has 0 saturated carbocycles. The zero-order valence-corrected chi connectivity index (χ0v) is 19.4. The van der Waals surface area contributed by atoms with Crippen LogP contribution in [0, 0.1) is 0 Å². The normalized spacial score (nSPS) is 21.6. The van der Waals surface area contributed by atoms with Crippen LogP contribution in [0.2, 0.25) is 0 Å². The van der Waals surface area contributed by atoms with Gasteiger partial charge in [-0.1, -0.05) is 57.0 Å². The molecule has 6 heteroatoms. The summed E-state index contributed by atoms with van der Waals surface area (Å²) in [6.07, 6.45) is 3.93. The van der Waals surface area contributed by atoms with E-state index in [9.17, 15) is 5.21 Å². The van der Waals surface area contributed by atoms with E-state index in [1.54, 1.807) is 38.2 Å². The van der Waals surface area contributed by atoms with Crippen molar-refractivity contribution in [1.29, 1.82) is 0 Å². The summed E-state index contributed by atoms with van der Waals surface area (Å²) in [5.74, 6) is 2.61. The number of methoxy groups -OCH3 is 3. The van der Waals surface area contributed by atoms with Crippen molar-refractivity contribution in [3.8, 4) is 17.2 Å². The smallest absolute Gasteiger partial charge is 0.204 e. The standard InChI is InChI=1S/C24H33NO4S/c1-6-8-14-24(7-2)16-30-23-18(15-19(27-3)21(28-4)22(23)29-5)20(25(24)26)17-12-10-9-11-13-17/h9-13,15,20,26H,6-8,14,16H2,1-5H3/t20-,24+/m0/s1. The van der Waals surface area contributed by atoms with Gasteiger partial charge in [-0.2, -0.15) is 5.06 Å². The maximum absolute atomic E-state index is 11.7. The number of rotatable bonds is 8. The topological polar surface area (TPSA) is 51.2 Å². The van der Waals surface area contributed by atoms with E-state index in [4.69, 9.17) is 14.2 Å². The molecule has 1 aliphatic rings. The Bertz CT molecular complexity index is 845. The molecule has 2 aromatic rings. The highest BCUT2D eigenvalue weighted by molar-refractivity contribution is 7.99. The molecular formula is C24H33NO4S. The largest absolute Gasteiger partial charge is 0.493 e. The van der Waals surface area contributed by atoms with Gasteiger partial charge in [0.25, 0.3) is 0 Å². The Labute approximate surface area is 184 Å². The number of benzene rings is 2. The molecule has 0 aromatic heterocycles. The van der Waals surface area contributed by atoms with Gasteiger partial charge in [-0.3, -0.25) is 0 Å². The summed E-state index contributed by atoms with van der Waals surface area (Å²) in [6, 6.07) is 11.8. The molecule has 3 rings (SSSR count). The van der Waals surface area contributed by atoms with Crippen molar-refractivity contribution in [2.45, 2.75) is 56.0 Å². The van der Waals surface area contributed by atoms with Crippen LogP contribution in [0.25, 0.3) is 0 Å². The average molecular weight is 432 g/mol. The molecule has 1 heterocycles. The zero-order valence-electron chi connectivity index (χ0n) is 18.6. The first-order chi connectivity index (χ1) is 14.6. The molecule has 164 valence electrons. The quantitative estimate of drug-likeness (QED) is 0.558. The van der Waals surface area contributed by atoms with E-state index in [2.05, 4.69) is 26.0 Å². The summed E-state index contributed by atoms with van der Waals surface area (Å²) in [5, 5.41) is 13.3. The minimum atomic E-state index is -0.342. The number of hydrogen-bond donors (Lipinski definition) is 1. The number of ether oxygens (including phenoxy) is 3. The van der Waals surface area contributed by atoms with Gasteiger partial charge in [0.1, 0.15) is 0 Å². The maximum atomic E-state index is 11.7. The lowest BCUT2D eigenvalue weighted by Crippen LogP contribution is -2.49. The molecule has 0 saturated heterocycles. The average Bonchev–Trinajstić information content (AvgIpc) is 2.91. The first-order valence-electron chi connectivity index (χ1n) is 10.6. The summed E-state index contributed by atoms with van der Waals surface area (Å²) >= 11 is 1.73. The van der Waals surface area contributed by atoms with Crippen LogP contribution in [0.15, 0.2) is 41.3 Å². The monoisotopic (exact) mass is 431 g/mol. The van der Waals surface area contributed by atoms with Crippen LogP contribution in [-0.4, -0.2) is 42.9 Å². The summed E-state index contributed by atoms with van der Waals surface area (Å²) < 4.78 is 17.1. The van der Waals surface area contributed by atoms with Crippen molar-refractivity contribution in [1.82, 2.24) is 5.06 Å². The van der Waals surface area contributed by atoms with Gasteiger partial charge >= 0.3 is 0 Å². The highest BCUT2D eigenvalue weighted by Crippen LogP contribution is 2.54. The summed E-state index contributed by atoms with van der Waals surface area (Å²) in [4.78, 5) is 0.995. The van der Waals surface area contributed by atoms with Gasteiger partial charge in [0.15, 0.2) is 11.5 Å². The minimum Gasteiger partial charge on any atom is -0.493 e. The van der Waals surface area contributed by atoms with Gasteiger partial charge in [-0.15, -0.1) is 11.8 Å². The molecule has 0 amide bonds. The van der Waals surface area contributed by atoms with Gasteiger partial charge in [0, 0.05) is 5.75 Å². The number of thioether (sulfide) groups is 1. The lowest BCUT2D eigenvalue weighted by Gasteiger charge is -2.42. The predicted molar refractivity (Wildman–Crippen MR) is 121 cm³/mol. The molecule has 30 heavy (non-hydrogen) atoms. The molecule has 5 nitrogen and oxygen atoms in total. The molecule has 2 atom stereocenters. The van der Waals surface area contributed by atoms with E-state index in [0.29, 0.717) is 17.2 Å². The lowest BCUT2D eigenvalue weighted by molar-refractivity contribution is -0.193. The van der Waals surface area contributed by atoms with Crippen molar-refractivity contribution >= 4 is 11.8 Å². The maximum Gasteiger partial charge on any atom is 0.204 e. The molecule has 1 N–H and O–H groups in total. The third-order valence-electron chi connectivity index (χ3n) is 6.09. The molecule has 0 fully saturated rings. The number of fused-ring (bicyclic) bond motifs is 1. The van der Waals surface area contributed by atoms with E-state index in [-0.39, 0.29) is 11.6 Å². The van der Waals surface area contributed by atoms with Crippen LogP contribution in [0.4, 0.5) is 0 Å². The Morgan fingerprint density at radius 2 is 1.77 bits per heavy atom. The van der Waals surface area contributed by atoms with E-state index in [0.717, 1.165) is 47.5 Å². The van der Waals surface area contributed by atoms with Crippen LogP contribution in [0.3, 0.4) is 0 Å². The lowest BCUT2D eigenvalue weighted by atomic mass is 9.87. The predicted octanol–water partition coefficient (Wildman–Crippen LogP) is 5.94. The van der Waals surface area contributed by atoms with Gasteiger partial charge in [0.2, 0.25) is 5.75 Å². The summed E-state index contributed by atoms with van der Waals surface area (Å²) in [5.41, 5.74) is 1.66. The number of nitrogens with zero attached hydrogens (tertiary/aromatic N) is 1. The third-order valence-corrected chi connectivity index (χ3v) is 7.48. The van der Waals surface area contributed by atoms with Crippen LogP contribution < -0.4 is 14.2 Å². The fourth-order valence-electron chi connectivity index (χ4n) is 4.27. The van der Waals surface area contributed by atoms with Gasteiger partial charge in [-0.05, 0) is 30.0 Å². The van der Waals surface area contributed by atoms with Crippen molar-refractivity contribution in [2.24, 2.45) is 0 Å². The number of hydroxylamine groups is 2. The highest BCUT2D eigenvalue weighted by atomic mass is 32.2. The summed E-state index contributed by atoms with van der Waals surface area (Å²) in [7, 11) is 4.90. The molecule has 0 bridgehead atoms. The first-order valence-corrected chi connectivity index (χ1v) is 11.5. The van der Waals surface area contributed by atoms with Gasteiger partial charge in [0.05, 0.1) is 37.8 Å². The second-order valence-corrected chi connectivity index (χ2v) is 8.68. The van der Waals surface area contributed by atoms with Crippen molar-refractivity contribution in [3.63, 3.8) is 0 Å². The SMILES string of the molecule is CCCC[C@]1(CC)CSc2c(cc(OC)c(OC)c2OC)[C@H](c2ccccc2)N1O. The summed E-state index contributed by atoms with van der Waals surface area (Å²) in [6.45, 7) is 4.35. The molecule has 0 radical (unpaired) electrons. The minimum absolute atomic E-state index is 0.332. The molecular weight excluding hydrogens is 398 g/mol. The second kappa shape index (κ2) is 9.94. The highest BCUT2D eigenvalue weighted by Gasteiger charge is 2.44. The van der Waals surface area contributed by atoms with Gasteiger partial charge < -0.3 is 19.4 Å². The fraction of sp³-hybridized carbons (Fsp3) is 0.500. The Balaban J connectivity index is 2.27. The Kier molecular flexibility index (Phi) is 7.55. The van der Waals surface area contributed by atoms with Crippen molar-refractivity contribution in [3.05, 3.63) is 47.5 Å². The Hall–Kier alpha value is -1.89. The van der Waals surface area contributed by atoms with Crippen LogP contribution in [-0.2, 0) is 0 Å². The van der Waals surface area contributed by atoms with E-state index in [1.807, 2.05) is 24.3 Å². The zero-order chi connectivity index (χ0) is 21.7. The van der Waals surface area contributed by atoms with E-state index < -0.39 is 0 Å². The Morgan fingerprint density at radius 1 is 1.07 bits per heavy atom. The molecule has 2 aromatic carbocycles.